The molecule has 134 valence electrons. The van der Waals surface area contributed by atoms with Gasteiger partial charge in [0.2, 0.25) is 10.0 Å². The molecule has 1 atom stereocenters. The first-order chi connectivity index (χ1) is 11.9. The minimum atomic E-state index is -3.67. The van der Waals surface area contributed by atoms with Crippen molar-refractivity contribution >= 4 is 21.6 Å². The van der Waals surface area contributed by atoms with Crippen molar-refractivity contribution in [3.8, 4) is 5.75 Å². The van der Waals surface area contributed by atoms with Crippen LogP contribution in [0.1, 0.15) is 17.2 Å². The van der Waals surface area contributed by atoms with Crippen molar-refractivity contribution in [2.75, 3.05) is 26.8 Å². The van der Waals surface area contributed by atoms with Gasteiger partial charge in [-0.1, -0.05) is 29.8 Å². The van der Waals surface area contributed by atoms with E-state index < -0.39 is 10.0 Å². The number of hydrogen-bond donors (Lipinski definition) is 0. The number of benzene rings is 2. The molecule has 1 aliphatic heterocycles. The molecule has 1 heterocycles. The number of nitrogens with zero attached hydrogens (tertiary/aromatic N) is 1. The molecule has 0 radical (unpaired) electrons. The molecule has 1 unspecified atom stereocenters. The lowest BCUT2D eigenvalue weighted by molar-refractivity contribution is -0.00258. The highest BCUT2D eigenvalue weighted by Crippen LogP contribution is 2.31. The first-order valence-corrected chi connectivity index (χ1v) is 9.75. The number of hydrogen-bond acceptors (Lipinski definition) is 4. The van der Waals surface area contributed by atoms with Gasteiger partial charge in [-0.15, -0.1) is 0 Å². The molecule has 0 aliphatic carbocycles. The lowest BCUT2D eigenvalue weighted by Crippen LogP contribution is -2.42. The number of aryl methyl sites for hydroxylation is 1. The van der Waals surface area contributed by atoms with E-state index in [4.69, 9.17) is 21.1 Å². The number of rotatable bonds is 4. The van der Waals surface area contributed by atoms with Gasteiger partial charge < -0.3 is 9.47 Å². The molecule has 1 saturated heterocycles. The molecule has 5 nitrogen and oxygen atoms in total. The van der Waals surface area contributed by atoms with E-state index in [1.54, 1.807) is 24.3 Å². The van der Waals surface area contributed by atoms with E-state index in [0.29, 0.717) is 23.9 Å². The van der Waals surface area contributed by atoms with Crippen LogP contribution in [0.5, 0.6) is 5.75 Å². The van der Waals surface area contributed by atoms with E-state index in [2.05, 4.69) is 0 Å². The van der Waals surface area contributed by atoms with Crippen molar-refractivity contribution in [3.63, 3.8) is 0 Å². The van der Waals surface area contributed by atoms with Crippen LogP contribution in [-0.4, -0.2) is 39.5 Å². The Morgan fingerprint density at radius 1 is 1.20 bits per heavy atom. The van der Waals surface area contributed by atoms with Crippen LogP contribution in [0.3, 0.4) is 0 Å². The van der Waals surface area contributed by atoms with Crippen molar-refractivity contribution < 1.29 is 17.9 Å². The molecule has 2 aromatic rings. The fourth-order valence-corrected chi connectivity index (χ4v) is 4.64. The second-order valence-electron chi connectivity index (χ2n) is 5.93. The summed E-state index contributed by atoms with van der Waals surface area (Å²) in [5.41, 5.74) is 1.77. The predicted molar refractivity (Wildman–Crippen MR) is 96.6 cm³/mol. The Kier molecular flexibility index (Phi) is 5.34. The standard InChI is InChI=1S/C18H20ClNO4S/c1-13-3-8-16(23-2)18(11-13)25(21,22)20-9-10-24-17(12-20)14-4-6-15(19)7-5-14/h3-8,11,17H,9-10,12H2,1-2H3. The van der Waals surface area contributed by atoms with Crippen LogP contribution < -0.4 is 4.74 Å². The zero-order valence-electron chi connectivity index (χ0n) is 14.1. The Labute approximate surface area is 153 Å². The van der Waals surface area contributed by atoms with Crippen LogP contribution in [0.15, 0.2) is 47.4 Å². The molecule has 0 bridgehead atoms. The summed E-state index contributed by atoms with van der Waals surface area (Å²) in [6, 6.07) is 12.4. The van der Waals surface area contributed by atoms with Crippen molar-refractivity contribution in [2.24, 2.45) is 0 Å². The molecule has 1 aliphatic rings. The second-order valence-corrected chi connectivity index (χ2v) is 8.27. The average Bonchev–Trinajstić information content (AvgIpc) is 2.62. The first kappa shape index (κ1) is 18.2. The third-order valence-electron chi connectivity index (χ3n) is 4.21. The second kappa shape index (κ2) is 7.33. The van der Waals surface area contributed by atoms with Gasteiger partial charge in [0.15, 0.2) is 0 Å². The van der Waals surface area contributed by atoms with Gasteiger partial charge in [-0.05, 0) is 42.3 Å². The Morgan fingerprint density at radius 2 is 1.92 bits per heavy atom. The molecule has 0 spiro atoms. The SMILES string of the molecule is COc1ccc(C)cc1S(=O)(=O)N1CCOC(c2ccc(Cl)cc2)C1. The Morgan fingerprint density at radius 3 is 2.60 bits per heavy atom. The van der Waals surface area contributed by atoms with Crippen LogP contribution in [-0.2, 0) is 14.8 Å². The van der Waals surface area contributed by atoms with Crippen molar-refractivity contribution in [3.05, 3.63) is 58.6 Å². The summed E-state index contributed by atoms with van der Waals surface area (Å²) >= 11 is 5.92. The minimum Gasteiger partial charge on any atom is -0.495 e. The van der Waals surface area contributed by atoms with Crippen LogP contribution in [0.2, 0.25) is 5.02 Å². The monoisotopic (exact) mass is 381 g/mol. The van der Waals surface area contributed by atoms with Gasteiger partial charge in [0.05, 0.1) is 19.8 Å². The lowest BCUT2D eigenvalue weighted by Gasteiger charge is -2.32. The van der Waals surface area contributed by atoms with Gasteiger partial charge in [-0.3, -0.25) is 0 Å². The minimum absolute atomic E-state index is 0.187. The van der Waals surface area contributed by atoms with Gasteiger partial charge in [0.1, 0.15) is 10.6 Å². The molecule has 1 fully saturated rings. The number of halogens is 1. The van der Waals surface area contributed by atoms with Crippen LogP contribution in [0, 0.1) is 6.92 Å². The number of methoxy groups -OCH3 is 1. The Hall–Kier alpha value is -1.60. The first-order valence-electron chi connectivity index (χ1n) is 7.93. The third-order valence-corrected chi connectivity index (χ3v) is 6.35. The highest BCUT2D eigenvalue weighted by atomic mass is 35.5. The third kappa shape index (κ3) is 3.82. The normalized spacial score (nSPS) is 18.9. The maximum absolute atomic E-state index is 13.1. The molecule has 3 rings (SSSR count). The highest BCUT2D eigenvalue weighted by Gasteiger charge is 2.33. The number of ether oxygens (including phenoxy) is 2. The van der Waals surface area contributed by atoms with E-state index in [1.807, 2.05) is 25.1 Å². The smallest absolute Gasteiger partial charge is 0.246 e. The summed E-state index contributed by atoms with van der Waals surface area (Å²) < 4.78 is 38.7. The van der Waals surface area contributed by atoms with E-state index in [-0.39, 0.29) is 17.5 Å². The van der Waals surface area contributed by atoms with Crippen LogP contribution >= 0.6 is 11.6 Å². The zero-order chi connectivity index (χ0) is 18.0. The number of morpholine rings is 1. The van der Waals surface area contributed by atoms with Gasteiger partial charge in [-0.25, -0.2) is 8.42 Å². The van der Waals surface area contributed by atoms with Gasteiger partial charge >= 0.3 is 0 Å². The number of sulfonamides is 1. The molecule has 7 heteroatoms. The zero-order valence-corrected chi connectivity index (χ0v) is 15.7. The van der Waals surface area contributed by atoms with Gasteiger partial charge in [-0.2, -0.15) is 4.31 Å². The summed E-state index contributed by atoms with van der Waals surface area (Å²) in [6.45, 7) is 2.75. The summed E-state index contributed by atoms with van der Waals surface area (Å²) in [7, 11) is -2.20. The molecule has 0 amide bonds. The van der Waals surface area contributed by atoms with Gasteiger partial charge in [0, 0.05) is 18.1 Å². The largest absolute Gasteiger partial charge is 0.495 e. The summed E-state index contributed by atoms with van der Waals surface area (Å²) in [6.07, 6.45) is -0.323. The molecule has 25 heavy (non-hydrogen) atoms. The molecule has 0 aromatic heterocycles. The van der Waals surface area contributed by atoms with Crippen molar-refractivity contribution in [1.82, 2.24) is 4.31 Å². The van der Waals surface area contributed by atoms with Gasteiger partial charge in [0.25, 0.3) is 0 Å². The Balaban J connectivity index is 1.90. The van der Waals surface area contributed by atoms with E-state index in [9.17, 15) is 8.42 Å². The fourth-order valence-electron chi connectivity index (χ4n) is 2.85. The van der Waals surface area contributed by atoms with Crippen LogP contribution in [0.4, 0.5) is 0 Å². The summed E-state index contributed by atoms with van der Waals surface area (Å²) in [5.74, 6) is 0.347. The van der Waals surface area contributed by atoms with Crippen molar-refractivity contribution in [1.29, 1.82) is 0 Å². The van der Waals surface area contributed by atoms with Crippen molar-refractivity contribution in [2.45, 2.75) is 17.9 Å². The van der Waals surface area contributed by atoms with E-state index in [0.717, 1.165) is 11.1 Å². The quantitative estimate of drug-likeness (QED) is 0.814. The maximum Gasteiger partial charge on any atom is 0.246 e. The van der Waals surface area contributed by atoms with E-state index in [1.165, 1.54) is 11.4 Å². The molecule has 0 saturated carbocycles. The summed E-state index contributed by atoms with van der Waals surface area (Å²) in [4.78, 5) is 0.187. The maximum atomic E-state index is 13.1. The average molecular weight is 382 g/mol. The highest BCUT2D eigenvalue weighted by molar-refractivity contribution is 7.89. The molecule has 0 N–H and O–H groups in total. The fraction of sp³-hybridized carbons (Fsp3) is 0.333. The lowest BCUT2D eigenvalue weighted by atomic mass is 10.1. The predicted octanol–water partition coefficient (Wildman–Crippen LogP) is 3.42. The summed E-state index contributed by atoms with van der Waals surface area (Å²) in [5, 5.41) is 0.633. The molecular formula is C18H20ClNO4S. The molecular weight excluding hydrogens is 362 g/mol. The topological polar surface area (TPSA) is 55.8 Å². The van der Waals surface area contributed by atoms with Crippen LogP contribution in [0.25, 0.3) is 0 Å². The van der Waals surface area contributed by atoms with E-state index >= 15 is 0 Å². The Bertz CT molecular complexity index is 852. The molecule has 2 aromatic carbocycles.